The highest BCUT2D eigenvalue weighted by molar-refractivity contribution is 7.85. The second-order valence-electron chi connectivity index (χ2n) is 4.43. The molecular formula is C16H17NO3S. The molecule has 2 aromatic rings. The standard InChI is InChI=1S/C16H17NO3S/c1-3-20-16(18)13-9-7-12(8-10-13)14-5-4-6-15(11-14)17-21(2)19/h4-11,17H,3H2,1-2H3. The van der Waals surface area contributed by atoms with E-state index in [4.69, 9.17) is 4.74 Å². The van der Waals surface area contributed by atoms with E-state index in [-0.39, 0.29) is 5.97 Å². The van der Waals surface area contributed by atoms with Gasteiger partial charge in [-0.2, -0.15) is 0 Å². The average molecular weight is 303 g/mol. The van der Waals surface area contributed by atoms with Crippen molar-refractivity contribution in [2.75, 3.05) is 17.6 Å². The lowest BCUT2D eigenvalue weighted by Crippen LogP contribution is -2.04. The van der Waals surface area contributed by atoms with Crippen LogP contribution in [0.2, 0.25) is 0 Å². The van der Waals surface area contributed by atoms with Crippen LogP contribution in [-0.2, 0) is 15.7 Å². The van der Waals surface area contributed by atoms with E-state index in [1.54, 1.807) is 25.3 Å². The van der Waals surface area contributed by atoms with Crippen LogP contribution in [-0.4, -0.2) is 23.0 Å². The number of benzene rings is 2. The van der Waals surface area contributed by atoms with Crippen molar-refractivity contribution in [2.24, 2.45) is 0 Å². The number of nitrogens with one attached hydrogen (secondary N) is 1. The lowest BCUT2D eigenvalue weighted by Gasteiger charge is -2.07. The molecule has 0 aliphatic rings. The Morgan fingerprint density at radius 2 is 1.86 bits per heavy atom. The minimum absolute atomic E-state index is 0.319. The smallest absolute Gasteiger partial charge is 0.338 e. The molecule has 21 heavy (non-hydrogen) atoms. The zero-order valence-corrected chi connectivity index (χ0v) is 12.8. The second kappa shape index (κ2) is 7.04. The van der Waals surface area contributed by atoms with Crippen LogP contribution in [0.4, 0.5) is 5.69 Å². The molecule has 110 valence electrons. The number of rotatable bonds is 5. The van der Waals surface area contributed by atoms with Crippen molar-refractivity contribution in [2.45, 2.75) is 6.92 Å². The summed E-state index contributed by atoms with van der Waals surface area (Å²) in [5.74, 6) is -0.319. The Kier molecular flexibility index (Phi) is 5.11. The number of hydrogen-bond acceptors (Lipinski definition) is 3. The first-order valence-corrected chi connectivity index (χ1v) is 8.13. The highest BCUT2D eigenvalue weighted by Gasteiger charge is 2.06. The quantitative estimate of drug-likeness (QED) is 0.863. The van der Waals surface area contributed by atoms with Crippen LogP contribution < -0.4 is 4.72 Å². The fourth-order valence-electron chi connectivity index (χ4n) is 1.94. The topological polar surface area (TPSA) is 55.4 Å². The molecule has 4 nitrogen and oxygen atoms in total. The van der Waals surface area contributed by atoms with Gasteiger partial charge in [-0.15, -0.1) is 0 Å². The number of hydrogen-bond donors (Lipinski definition) is 1. The fraction of sp³-hybridized carbons (Fsp3) is 0.188. The lowest BCUT2D eigenvalue weighted by atomic mass is 10.0. The van der Waals surface area contributed by atoms with Crippen LogP contribution in [0.1, 0.15) is 17.3 Å². The second-order valence-corrected chi connectivity index (χ2v) is 5.55. The van der Waals surface area contributed by atoms with E-state index in [9.17, 15) is 9.00 Å². The summed E-state index contributed by atoms with van der Waals surface area (Å²) in [6, 6.07) is 14.9. The summed E-state index contributed by atoms with van der Waals surface area (Å²) in [4.78, 5) is 11.6. The van der Waals surface area contributed by atoms with Gasteiger partial charge in [0.15, 0.2) is 0 Å². The molecule has 0 aliphatic heterocycles. The van der Waals surface area contributed by atoms with Crippen LogP contribution in [0.5, 0.6) is 0 Å². The Bertz CT molecular complexity index is 653. The van der Waals surface area contributed by atoms with Crippen molar-refractivity contribution in [1.82, 2.24) is 0 Å². The number of carbonyl (C=O) groups is 1. The summed E-state index contributed by atoms with van der Waals surface area (Å²) in [5.41, 5.74) is 3.29. The van der Waals surface area contributed by atoms with Crippen LogP contribution in [0.25, 0.3) is 11.1 Å². The van der Waals surface area contributed by atoms with E-state index >= 15 is 0 Å². The van der Waals surface area contributed by atoms with Gasteiger partial charge in [-0.3, -0.25) is 0 Å². The Hall–Kier alpha value is -2.14. The molecule has 1 atom stereocenters. The molecule has 0 radical (unpaired) electrons. The molecule has 2 aromatic carbocycles. The number of anilines is 1. The Morgan fingerprint density at radius 1 is 1.14 bits per heavy atom. The minimum atomic E-state index is -1.10. The van der Waals surface area contributed by atoms with Crippen LogP contribution in [0.3, 0.4) is 0 Å². The molecule has 0 amide bonds. The summed E-state index contributed by atoms with van der Waals surface area (Å²) in [5, 5.41) is 0. The fourth-order valence-corrected chi connectivity index (χ4v) is 2.40. The van der Waals surface area contributed by atoms with Gasteiger partial charge in [-0.25, -0.2) is 9.00 Å². The van der Waals surface area contributed by atoms with Gasteiger partial charge in [0.1, 0.15) is 11.0 Å². The van der Waals surface area contributed by atoms with Crippen LogP contribution >= 0.6 is 0 Å². The molecule has 0 fully saturated rings. The van der Waals surface area contributed by atoms with Gasteiger partial charge in [-0.1, -0.05) is 24.3 Å². The molecule has 0 saturated carbocycles. The zero-order valence-electron chi connectivity index (χ0n) is 12.0. The molecule has 0 aromatic heterocycles. The third kappa shape index (κ3) is 4.16. The Balaban J connectivity index is 2.22. The van der Waals surface area contributed by atoms with E-state index in [0.29, 0.717) is 12.2 Å². The van der Waals surface area contributed by atoms with Gasteiger partial charge in [0.2, 0.25) is 0 Å². The zero-order chi connectivity index (χ0) is 15.2. The first-order valence-electron chi connectivity index (χ1n) is 6.58. The highest BCUT2D eigenvalue weighted by atomic mass is 32.2. The van der Waals surface area contributed by atoms with E-state index in [2.05, 4.69) is 4.72 Å². The van der Waals surface area contributed by atoms with Crippen LogP contribution in [0.15, 0.2) is 48.5 Å². The third-order valence-electron chi connectivity index (χ3n) is 2.85. The summed E-state index contributed by atoms with van der Waals surface area (Å²) in [6.07, 6.45) is 1.58. The Morgan fingerprint density at radius 3 is 2.48 bits per heavy atom. The number of ether oxygens (including phenoxy) is 1. The van der Waals surface area contributed by atoms with Gasteiger partial charge < -0.3 is 9.46 Å². The van der Waals surface area contributed by atoms with Gasteiger partial charge in [0.25, 0.3) is 0 Å². The molecular weight excluding hydrogens is 286 g/mol. The molecule has 0 heterocycles. The monoisotopic (exact) mass is 303 g/mol. The van der Waals surface area contributed by atoms with Crippen molar-refractivity contribution in [3.8, 4) is 11.1 Å². The molecule has 1 N–H and O–H groups in total. The van der Waals surface area contributed by atoms with E-state index in [1.807, 2.05) is 36.4 Å². The summed E-state index contributed by atoms with van der Waals surface area (Å²) in [6.45, 7) is 2.14. The molecule has 1 unspecified atom stereocenters. The number of esters is 1. The van der Waals surface area contributed by atoms with E-state index in [1.165, 1.54) is 0 Å². The average Bonchev–Trinajstić information content (AvgIpc) is 2.47. The van der Waals surface area contributed by atoms with Crippen molar-refractivity contribution in [1.29, 1.82) is 0 Å². The summed E-state index contributed by atoms with van der Waals surface area (Å²) >= 11 is 0. The van der Waals surface area contributed by atoms with E-state index < -0.39 is 11.0 Å². The number of carbonyl (C=O) groups excluding carboxylic acids is 1. The summed E-state index contributed by atoms with van der Waals surface area (Å²) < 4.78 is 19.0. The van der Waals surface area contributed by atoms with Crippen molar-refractivity contribution in [3.05, 3.63) is 54.1 Å². The maximum atomic E-state index is 11.6. The molecule has 5 heteroatoms. The molecule has 0 saturated heterocycles. The van der Waals surface area contributed by atoms with Gasteiger partial charge in [-0.05, 0) is 42.3 Å². The minimum Gasteiger partial charge on any atom is -0.462 e. The van der Waals surface area contributed by atoms with Gasteiger partial charge in [0, 0.05) is 11.9 Å². The molecule has 0 aliphatic carbocycles. The molecule has 2 rings (SSSR count). The first-order chi connectivity index (χ1) is 10.1. The predicted molar refractivity (Wildman–Crippen MR) is 85.5 cm³/mol. The summed E-state index contributed by atoms with van der Waals surface area (Å²) in [7, 11) is -1.10. The SMILES string of the molecule is CCOC(=O)c1ccc(-c2cccc(NS(C)=O)c2)cc1. The van der Waals surface area contributed by atoms with Gasteiger partial charge in [0.05, 0.1) is 12.2 Å². The molecule has 0 bridgehead atoms. The Labute approximate surface area is 126 Å². The lowest BCUT2D eigenvalue weighted by molar-refractivity contribution is 0.0526. The van der Waals surface area contributed by atoms with Crippen LogP contribution in [0, 0.1) is 0 Å². The highest BCUT2D eigenvalue weighted by Crippen LogP contribution is 2.23. The maximum absolute atomic E-state index is 11.6. The van der Waals surface area contributed by atoms with Crippen molar-refractivity contribution in [3.63, 3.8) is 0 Å². The molecule has 0 spiro atoms. The van der Waals surface area contributed by atoms with Gasteiger partial charge >= 0.3 is 5.97 Å². The normalized spacial score (nSPS) is 11.7. The maximum Gasteiger partial charge on any atom is 0.338 e. The first kappa shape index (κ1) is 15.3. The van der Waals surface area contributed by atoms with Crippen molar-refractivity contribution >= 4 is 22.6 Å². The van der Waals surface area contributed by atoms with E-state index in [0.717, 1.165) is 16.8 Å². The largest absolute Gasteiger partial charge is 0.462 e. The van der Waals surface area contributed by atoms with Crippen molar-refractivity contribution < 1.29 is 13.7 Å². The predicted octanol–water partition coefficient (Wildman–Crippen LogP) is 3.24. The third-order valence-corrected chi connectivity index (χ3v) is 3.38.